The van der Waals surface area contributed by atoms with Gasteiger partial charge in [0.25, 0.3) is 5.89 Å². The molecule has 1 unspecified atom stereocenters. The molecule has 224 valence electrons. The van der Waals surface area contributed by atoms with Crippen molar-refractivity contribution in [1.29, 1.82) is 0 Å². The summed E-state index contributed by atoms with van der Waals surface area (Å²) in [5, 5.41) is 13.0. The zero-order valence-electron chi connectivity index (χ0n) is 24.6. The third-order valence-corrected chi connectivity index (χ3v) is 9.45. The molecule has 2 aromatic heterocycles. The van der Waals surface area contributed by atoms with Gasteiger partial charge in [0, 0.05) is 41.9 Å². The number of hydrogen-bond acceptors (Lipinski definition) is 7. The maximum absolute atomic E-state index is 12.5. The lowest BCUT2D eigenvalue weighted by Crippen LogP contribution is -2.25. The number of rotatable bonds is 9. The highest BCUT2D eigenvalue weighted by Crippen LogP contribution is 2.48. The van der Waals surface area contributed by atoms with Crippen LogP contribution in [0.25, 0.3) is 33.6 Å². The van der Waals surface area contributed by atoms with Crippen molar-refractivity contribution in [2.24, 2.45) is 5.92 Å². The monoisotopic (exact) mass is 582 g/mol. The van der Waals surface area contributed by atoms with Crippen molar-refractivity contribution in [3.05, 3.63) is 48.4 Å². The van der Waals surface area contributed by atoms with Crippen LogP contribution in [-0.2, 0) is 9.47 Å². The standard InChI is InChI=1S/C34H38N4O5/c1-20(21-5-6-21)41-34(39)35-24-11-9-22(10-12-24)31-30(33-37-36-32(43-33)23-7-8-23)28-14-13-27(42-26-15-17-40-18-16-26)19-29(28)38(31)25-3-2-4-25/h9-14,19-21,23,25-26H,2-8,15-18H2,1H3,(H,35,39). The van der Waals surface area contributed by atoms with Crippen molar-refractivity contribution in [2.75, 3.05) is 18.5 Å². The number of carbonyl (C=O) groups is 1. The first-order chi connectivity index (χ1) is 21.1. The topological polar surface area (TPSA) is 101 Å². The SMILES string of the molecule is CC(OC(=O)Nc1ccc(-c2c(-c3nnc(C4CC4)o3)c3ccc(OC4CCOCC4)cc3n2C2CCC2)cc1)C1CC1. The number of benzene rings is 2. The lowest BCUT2D eigenvalue weighted by Gasteiger charge is -2.30. The number of carbonyl (C=O) groups excluding carboxylic acids is 1. The third kappa shape index (κ3) is 5.39. The molecule has 1 amide bonds. The second-order valence-electron chi connectivity index (χ2n) is 12.7. The minimum absolute atomic E-state index is 0.0599. The Morgan fingerprint density at radius 3 is 2.47 bits per heavy atom. The van der Waals surface area contributed by atoms with Crippen molar-refractivity contribution in [2.45, 2.75) is 88.9 Å². The summed E-state index contributed by atoms with van der Waals surface area (Å²) >= 11 is 0. The maximum Gasteiger partial charge on any atom is 0.411 e. The molecular formula is C34H38N4O5. The summed E-state index contributed by atoms with van der Waals surface area (Å²) in [5.74, 6) is 3.02. The van der Waals surface area contributed by atoms with Gasteiger partial charge in [0.05, 0.1) is 30.0 Å². The fraction of sp³-hybridized carbons (Fsp3) is 0.500. The summed E-state index contributed by atoms with van der Waals surface area (Å²) in [6.45, 7) is 3.44. The number of hydrogen-bond donors (Lipinski definition) is 1. The molecule has 1 N–H and O–H groups in total. The molecule has 4 aliphatic rings. The summed E-state index contributed by atoms with van der Waals surface area (Å²) in [6, 6.07) is 14.8. The van der Waals surface area contributed by atoms with Crippen LogP contribution in [0.3, 0.4) is 0 Å². The van der Waals surface area contributed by atoms with Crippen molar-refractivity contribution in [1.82, 2.24) is 14.8 Å². The molecule has 8 rings (SSSR count). The highest BCUT2D eigenvalue weighted by Gasteiger charge is 2.34. The van der Waals surface area contributed by atoms with Gasteiger partial charge in [0.15, 0.2) is 0 Å². The first-order valence-corrected chi connectivity index (χ1v) is 15.9. The molecule has 4 aromatic rings. The van der Waals surface area contributed by atoms with E-state index >= 15 is 0 Å². The van der Waals surface area contributed by atoms with E-state index in [9.17, 15) is 4.79 Å². The minimum atomic E-state index is -0.410. The van der Waals surface area contributed by atoms with Gasteiger partial charge in [0.1, 0.15) is 18.0 Å². The van der Waals surface area contributed by atoms with Crippen LogP contribution in [0.2, 0.25) is 0 Å². The summed E-state index contributed by atoms with van der Waals surface area (Å²) in [6.07, 6.45) is 9.38. The van der Waals surface area contributed by atoms with E-state index in [2.05, 4.69) is 50.4 Å². The van der Waals surface area contributed by atoms with E-state index in [4.69, 9.17) is 18.6 Å². The van der Waals surface area contributed by atoms with Crippen molar-refractivity contribution < 1.29 is 23.4 Å². The van der Waals surface area contributed by atoms with Crippen LogP contribution in [0.15, 0.2) is 46.9 Å². The van der Waals surface area contributed by atoms with Crippen LogP contribution in [0.4, 0.5) is 10.5 Å². The smallest absolute Gasteiger partial charge is 0.411 e. The van der Waals surface area contributed by atoms with E-state index in [1.165, 1.54) is 6.42 Å². The number of anilines is 1. The number of ether oxygens (including phenoxy) is 3. The van der Waals surface area contributed by atoms with E-state index in [0.29, 0.717) is 29.5 Å². The Labute approximate surface area is 250 Å². The van der Waals surface area contributed by atoms with Crippen LogP contribution >= 0.6 is 0 Å². The lowest BCUT2D eigenvalue weighted by molar-refractivity contribution is 0.0256. The molecule has 9 nitrogen and oxygen atoms in total. The van der Waals surface area contributed by atoms with Gasteiger partial charge in [0.2, 0.25) is 5.89 Å². The Balaban J connectivity index is 1.19. The molecule has 2 aromatic carbocycles. The molecule has 9 heteroatoms. The largest absolute Gasteiger partial charge is 0.490 e. The molecule has 4 fully saturated rings. The number of nitrogens with zero attached hydrogens (tertiary/aromatic N) is 3. The summed E-state index contributed by atoms with van der Waals surface area (Å²) in [7, 11) is 0. The second-order valence-corrected chi connectivity index (χ2v) is 12.7. The molecule has 1 aliphatic heterocycles. The number of aromatic nitrogens is 3. The van der Waals surface area contributed by atoms with Gasteiger partial charge in [-0.25, -0.2) is 4.79 Å². The molecule has 1 atom stereocenters. The van der Waals surface area contributed by atoms with E-state index in [0.717, 1.165) is 104 Å². The molecule has 3 aliphatic carbocycles. The third-order valence-electron chi connectivity index (χ3n) is 9.45. The van der Waals surface area contributed by atoms with Crippen molar-refractivity contribution in [3.8, 4) is 28.5 Å². The molecule has 1 saturated heterocycles. The molecule has 43 heavy (non-hydrogen) atoms. The summed E-state index contributed by atoms with van der Waals surface area (Å²) in [5.41, 5.74) is 4.86. The summed E-state index contributed by atoms with van der Waals surface area (Å²) in [4.78, 5) is 12.5. The normalized spacial score (nSPS) is 20.1. The lowest BCUT2D eigenvalue weighted by atomic mass is 9.92. The van der Waals surface area contributed by atoms with Gasteiger partial charge in [-0.15, -0.1) is 10.2 Å². The van der Waals surface area contributed by atoms with Gasteiger partial charge >= 0.3 is 6.09 Å². The van der Waals surface area contributed by atoms with Gasteiger partial charge in [-0.1, -0.05) is 12.1 Å². The van der Waals surface area contributed by atoms with E-state index in [1.807, 2.05) is 19.1 Å². The molecule has 3 heterocycles. The quantitative estimate of drug-likeness (QED) is 0.214. The molecule has 3 saturated carbocycles. The Morgan fingerprint density at radius 1 is 0.977 bits per heavy atom. The van der Waals surface area contributed by atoms with Gasteiger partial charge in [-0.2, -0.15) is 0 Å². The van der Waals surface area contributed by atoms with Crippen molar-refractivity contribution >= 4 is 22.7 Å². The number of fused-ring (bicyclic) bond motifs is 1. The first kappa shape index (κ1) is 26.8. The van der Waals surface area contributed by atoms with Crippen LogP contribution in [0.1, 0.15) is 82.6 Å². The minimum Gasteiger partial charge on any atom is -0.490 e. The van der Waals surface area contributed by atoms with Crippen LogP contribution in [-0.4, -0.2) is 46.3 Å². The first-order valence-electron chi connectivity index (χ1n) is 15.9. The van der Waals surface area contributed by atoms with E-state index < -0.39 is 6.09 Å². The van der Waals surface area contributed by atoms with Crippen LogP contribution in [0.5, 0.6) is 5.75 Å². The maximum atomic E-state index is 12.5. The van der Waals surface area contributed by atoms with Crippen LogP contribution in [0, 0.1) is 5.92 Å². The Bertz CT molecular complexity index is 1620. The van der Waals surface area contributed by atoms with Gasteiger partial charge in [-0.05, 0) is 87.6 Å². The molecular weight excluding hydrogens is 544 g/mol. The van der Waals surface area contributed by atoms with Gasteiger partial charge in [-0.3, -0.25) is 5.32 Å². The Hall–Kier alpha value is -3.85. The Kier molecular flexibility index (Phi) is 6.85. The molecule has 0 radical (unpaired) electrons. The highest BCUT2D eigenvalue weighted by molar-refractivity contribution is 6.03. The van der Waals surface area contributed by atoms with Crippen LogP contribution < -0.4 is 10.1 Å². The zero-order valence-corrected chi connectivity index (χ0v) is 24.6. The zero-order chi connectivity index (χ0) is 28.9. The fourth-order valence-electron chi connectivity index (χ4n) is 6.39. The molecule has 0 bridgehead atoms. The number of amides is 1. The van der Waals surface area contributed by atoms with Gasteiger partial charge < -0.3 is 23.2 Å². The Morgan fingerprint density at radius 2 is 1.77 bits per heavy atom. The van der Waals surface area contributed by atoms with Crippen molar-refractivity contribution in [3.63, 3.8) is 0 Å². The average Bonchev–Trinajstić information content (AvgIpc) is 3.93. The summed E-state index contributed by atoms with van der Waals surface area (Å²) < 4.78 is 26.4. The predicted molar refractivity (Wildman–Crippen MR) is 162 cm³/mol. The second kappa shape index (κ2) is 11.0. The van der Waals surface area contributed by atoms with E-state index in [1.54, 1.807) is 0 Å². The predicted octanol–water partition coefficient (Wildman–Crippen LogP) is 7.87. The fourth-order valence-corrected chi connectivity index (χ4v) is 6.39. The number of nitrogens with one attached hydrogen (secondary N) is 1. The molecule has 0 spiro atoms. The highest BCUT2D eigenvalue weighted by atomic mass is 16.6. The average molecular weight is 583 g/mol. The van der Waals surface area contributed by atoms with E-state index in [-0.39, 0.29) is 12.2 Å².